The first-order valence-corrected chi connectivity index (χ1v) is 11.9. The topological polar surface area (TPSA) is 61.4 Å². The average molecular weight is 456 g/mol. The maximum atomic E-state index is 13.6. The Morgan fingerprint density at radius 1 is 1.06 bits per heavy atom. The zero-order valence-electron chi connectivity index (χ0n) is 19.4. The Morgan fingerprint density at radius 3 is 2.55 bits per heavy atom. The van der Waals surface area contributed by atoms with E-state index in [0.717, 1.165) is 42.1 Å². The average Bonchev–Trinajstić information content (AvgIpc) is 3.42. The molecule has 3 aliphatic rings. The molecule has 5 rings (SSSR count). The van der Waals surface area contributed by atoms with Gasteiger partial charge in [0.1, 0.15) is 5.82 Å². The molecule has 2 aliphatic heterocycles. The van der Waals surface area contributed by atoms with Crippen LogP contribution in [0.15, 0.2) is 24.3 Å². The minimum Gasteiger partial charge on any atom is -0.371 e. The number of amides is 1. The first-order chi connectivity index (χ1) is 15.7. The molecule has 6 nitrogen and oxygen atoms in total. The fourth-order valence-electron chi connectivity index (χ4n) is 5.36. The Hall–Kier alpha value is -2.77. The third-order valence-corrected chi connectivity index (χ3v) is 7.52. The number of nitrogens with zero attached hydrogens (tertiary/aromatic N) is 4. The van der Waals surface area contributed by atoms with E-state index in [4.69, 9.17) is 0 Å². The van der Waals surface area contributed by atoms with Crippen LogP contribution in [-0.4, -0.2) is 48.0 Å². The van der Waals surface area contributed by atoms with Crippen molar-refractivity contribution in [1.29, 1.82) is 0 Å². The number of halogens is 2. The molecule has 0 bridgehead atoms. The Bertz CT molecular complexity index is 1060. The highest BCUT2D eigenvalue weighted by molar-refractivity contribution is 6.08. The van der Waals surface area contributed by atoms with Crippen molar-refractivity contribution in [3.05, 3.63) is 41.1 Å². The number of hydrogen-bond donors (Lipinski definition) is 1. The summed E-state index contributed by atoms with van der Waals surface area (Å²) in [5.41, 5.74) is 3.40. The molecular weight excluding hydrogens is 424 g/mol. The number of carbonyl (C=O) groups excluding carboxylic acids is 1. The summed E-state index contributed by atoms with van der Waals surface area (Å²) >= 11 is 0. The molecule has 0 radical (unpaired) electrons. The van der Waals surface area contributed by atoms with Gasteiger partial charge in [-0.2, -0.15) is 4.98 Å². The number of aromatic nitrogens is 2. The lowest BCUT2D eigenvalue weighted by Crippen LogP contribution is -2.40. The highest BCUT2D eigenvalue weighted by Crippen LogP contribution is 2.51. The van der Waals surface area contributed by atoms with E-state index in [1.54, 1.807) is 11.0 Å². The third kappa shape index (κ3) is 4.52. The molecule has 1 saturated carbocycles. The van der Waals surface area contributed by atoms with Crippen LogP contribution in [-0.2, 0) is 0 Å². The second kappa shape index (κ2) is 8.22. The first-order valence-electron chi connectivity index (χ1n) is 11.9. The molecule has 2 aromatic rings. The van der Waals surface area contributed by atoms with Crippen molar-refractivity contribution >= 4 is 23.4 Å². The van der Waals surface area contributed by atoms with E-state index in [1.165, 1.54) is 6.42 Å². The van der Waals surface area contributed by atoms with Crippen LogP contribution < -0.4 is 15.1 Å². The standard InChI is InChI=1S/C25H31F2N5O/c1-15-4-5-19(21(12-15)32-9-6-18-17(3)20(18)14-32)23(33)29-22-13-16(2)28-24(30-22)31-10-7-25(26,27)8-11-31/h4-5,12-13,17-18,20H,6-11,14H2,1-3H3,(H,28,29,30,33). The van der Waals surface area contributed by atoms with Crippen LogP contribution in [0, 0.1) is 31.6 Å². The molecule has 3 unspecified atom stereocenters. The van der Waals surface area contributed by atoms with Gasteiger partial charge in [0, 0.05) is 56.5 Å². The lowest BCUT2D eigenvalue weighted by atomic mass is 10.0. The number of alkyl halides is 2. The molecule has 1 N–H and O–H groups in total. The molecule has 1 aromatic heterocycles. The van der Waals surface area contributed by atoms with Gasteiger partial charge in [0.15, 0.2) is 0 Å². The Balaban J connectivity index is 1.35. The smallest absolute Gasteiger partial charge is 0.258 e. The van der Waals surface area contributed by atoms with E-state index >= 15 is 0 Å². The van der Waals surface area contributed by atoms with Crippen LogP contribution in [0.3, 0.4) is 0 Å². The van der Waals surface area contributed by atoms with E-state index in [1.807, 2.05) is 26.0 Å². The maximum absolute atomic E-state index is 13.6. The van der Waals surface area contributed by atoms with Gasteiger partial charge in [-0.25, -0.2) is 13.8 Å². The van der Waals surface area contributed by atoms with Crippen LogP contribution in [0.1, 0.15) is 47.8 Å². The lowest BCUT2D eigenvalue weighted by molar-refractivity contribution is -0.0222. The SMILES string of the molecule is Cc1ccc(C(=O)Nc2cc(C)nc(N3CCC(F)(F)CC3)n2)c(N2CCC3C(C)C3C2)c1. The predicted octanol–water partition coefficient (Wildman–Crippen LogP) is 4.67. The van der Waals surface area contributed by atoms with Crippen molar-refractivity contribution in [2.24, 2.45) is 17.8 Å². The number of rotatable bonds is 4. The molecule has 1 aliphatic carbocycles. The normalized spacial score (nSPS) is 26.0. The fraction of sp³-hybridized carbons (Fsp3) is 0.560. The van der Waals surface area contributed by atoms with E-state index in [9.17, 15) is 13.6 Å². The predicted molar refractivity (Wildman–Crippen MR) is 125 cm³/mol. The van der Waals surface area contributed by atoms with Gasteiger partial charge in [-0.05, 0) is 55.7 Å². The number of piperidine rings is 2. The van der Waals surface area contributed by atoms with Crippen molar-refractivity contribution in [1.82, 2.24) is 9.97 Å². The lowest BCUT2D eigenvalue weighted by Gasteiger charge is -2.32. The van der Waals surface area contributed by atoms with Crippen molar-refractivity contribution in [3.63, 3.8) is 0 Å². The second-order valence-corrected chi connectivity index (χ2v) is 9.93. The number of anilines is 3. The summed E-state index contributed by atoms with van der Waals surface area (Å²) in [6.07, 6.45) is 0.744. The minimum atomic E-state index is -2.63. The van der Waals surface area contributed by atoms with E-state index in [0.29, 0.717) is 23.0 Å². The molecule has 1 aromatic carbocycles. The van der Waals surface area contributed by atoms with Gasteiger partial charge in [-0.3, -0.25) is 4.79 Å². The molecule has 33 heavy (non-hydrogen) atoms. The number of benzene rings is 1. The molecule has 3 atom stereocenters. The van der Waals surface area contributed by atoms with Crippen molar-refractivity contribution in [2.75, 3.05) is 41.3 Å². The fourth-order valence-corrected chi connectivity index (χ4v) is 5.36. The summed E-state index contributed by atoms with van der Waals surface area (Å²) < 4.78 is 27.1. The van der Waals surface area contributed by atoms with Crippen LogP contribution in [0.4, 0.5) is 26.2 Å². The number of hydrogen-bond acceptors (Lipinski definition) is 5. The summed E-state index contributed by atoms with van der Waals surface area (Å²) in [5.74, 6) is 0.251. The quantitative estimate of drug-likeness (QED) is 0.726. The van der Waals surface area contributed by atoms with Gasteiger partial charge >= 0.3 is 0 Å². The molecule has 2 saturated heterocycles. The Labute approximate surface area is 193 Å². The van der Waals surface area contributed by atoms with E-state index in [-0.39, 0.29) is 31.8 Å². The van der Waals surface area contributed by atoms with E-state index in [2.05, 4.69) is 33.2 Å². The minimum absolute atomic E-state index is 0.196. The third-order valence-electron chi connectivity index (χ3n) is 7.52. The number of fused-ring (bicyclic) bond motifs is 1. The number of carbonyl (C=O) groups is 1. The van der Waals surface area contributed by atoms with Gasteiger partial charge in [0.2, 0.25) is 5.95 Å². The molecule has 3 fully saturated rings. The first kappa shape index (κ1) is 22.0. The molecule has 3 heterocycles. The van der Waals surface area contributed by atoms with Gasteiger partial charge in [0.05, 0.1) is 5.56 Å². The summed E-state index contributed by atoms with van der Waals surface area (Å²) in [6, 6.07) is 7.64. The van der Waals surface area contributed by atoms with Crippen molar-refractivity contribution in [3.8, 4) is 0 Å². The van der Waals surface area contributed by atoms with Gasteiger partial charge < -0.3 is 15.1 Å². The van der Waals surface area contributed by atoms with Gasteiger partial charge in [0.25, 0.3) is 11.8 Å². The van der Waals surface area contributed by atoms with Gasteiger partial charge in [-0.15, -0.1) is 0 Å². The summed E-state index contributed by atoms with van der Waals surface area (Å²) in [5, 5.41) is 2.93. The largest absolute Gasteiger partial charge is 0.371 e. The highest BCUT2D eigenvalue weighted by atomic mass is 19.3. The summed E-state index contributed by atoms with van der Waals surface area (Å²) in [4.78, 5) is 26.3. The van der Waals surface area contributed by atoms with Crippen LogP contribution in [0.2, 0.25) is 0 Å². The summed E-state index contributed by atoms with van der Waals surface area (Å²) in [7, 11) is 0. The van der Waals surface area contributed by atoms with Crippen molar-refractivity contribution < 1.29 is 13.6 Å². The van der Waals surface area contributed by atoms with Crippen LogP contribution in [0.25, 0.3) is 0 Å². The molecule has 8 heteroatoms. The zero-order valence-corrected chi connectivity index (χ0v) is 19.4. The Kier molecular flexibility index (Phi) is 5.49. The highest BCUT2D eigenvalue weighted by Gasteiger charge is 2.49. The monoisotopic (exact) mass is 455 g/mol. The molecule has 0 spiro atoms. The Morgan fingerprint density at radius 2 is 1.82 bits per heavy atom. The maximum Gasteiger partial charge on any atom is 0.258 e. The number of nitrogens with one attached hydrogen (secondary N) is 1. The van der Waals surface area contributed by atoms with Crippen LogP contribution in [0.5, 0.6) is 0 Å². The van der Waals surface area contributed by atoms with E-state index < -0.39 is 5.92 Å². The van der Waals surface area contributed by atoms with Crippen LogP contribution >= 0.6 is 0 Å². The summed E-state index contributed by atoms with van der Waals surface area (Å²) in [6.45, 7) is 8.53. The zero-order chi connectivity index (χ0) is 23.3. The second-order valence-electron chi connectivity index (χ2n) is 9.93. The van der Waals surface area contributed by atoms with Crippen molar-refractivity contribution in [2.45, 2.75) is 46.0 Å². The number of aryl methyl sites for hydroxylation is 2. The molecular formula is C25H31F2N5O. The molecule has 1 amide bonds. The van der Waals surface area contributed by atoms with Gasteiger partial charge in [-0.1, -0.05) is 13.0 Å². The molecule has 176 valence electrons.